The number of benzene rings is 3. The molecule has 1 fully saturated rings. The first-order chi connectivity index (χ1) is 15.3. The Hall–Kier alpha value is -3.34. The fourth-order valence-corrected chi connectivity index (χ4v) is 4.28. The van der Waals surface area contributed by atoms with Crippen molar-refractivity contribution in [1.82, 2.24) is 4.90 Å². The molecular formula is C27H29NO4. The minimum absolute atomic E-state index is 0.143. The van der Waals surface area contributed by atoms with Gasteiger partial charge in [-0.3, -0.25) is 4.79 Å². The molecule has 0 aromatic heterocycles. The summed E-state index contributed by atoms with van der Waals surface area (Å²) < 4.78 is 5.70. The van der Waals surface area contributed by atoms with Gasteiger partial charge in [-0.1, -0.05) is 54.6 Å². The van der Waals surface area contributed by atoms with E-state index in [9.17, 15) is 14.7 Å². The zero-order valence-corrected chi connectivity index (χ0v) is 18.6. The summed E-state index contributed by atoms with van der Waals surface area (Å²) in [6.45, 7) is 4.51. The number of carbonyl (C=O) groups excluding carboxylic acids is 1. The summed E-state index contributed by atoms with van der Waals surface area (Å²) >= 11 is 0. The van der Waals surface area contributed by atoms with E-state index in [2.05, 4.69) is 24.3 Å². The Morgan fingerprint density at radius 2 is 1.81 bits per heavy atom. The summed E-state index contributed by atoms with van der Waals surface area (Å²) in [5.41, 5.74) is 0.807. The van der Waals surface area contributed by atoms with Crippen LogP contribution in [0.3, 0.4) is 0 Å². The fraction of sp³-hybridized carbons (Fsp3) is 0.333. The maximum Gasteiger partial charge on any atom is 0.347 e. The van der Waals surface area contributed by atoms with Crippen LogP contribution in [0.15, 0.2) is 66.7 Å². The van der Waals surface area contributed by atoms with Crippen molar-refractivity contribution in [2.24, 2.45) is 0 Å². The molecule has 1 amide bonds. The van der Waals surface area contributed by atoms with Crippen LogP contribution in [-0.2, 0) is 16.0 Å². The van der Waals surface area contributed by atoms with Gasteiger partial charge in [0.15, 0.2) is 5.60 Å². The number of amides is 1. The summed E-state index contributed by atoms with van der Waals surface area (Å²) in [5.74, 6) is -0.120. The molecule has 0 bridgehead atoms. The van der Waals surface area contributed by atoms with Crippen molar-refractivity contribution in [2.45, 2.75) is 44.6 Å². The second kappa shape index (κ2) is 9.03. The van der Waals surface area contributed by atoms with Gasteiger partial charge in [-0.25, -0.2) is 4.79 Å². The Kier molecular flexibility index (Phi) is 6.17. The van der Waals surface area contributed by atoms with E-state index in [1.54, 1.807) is 6.07 Å². The summed E-state index contributed by atoms with van der Waals surface area (Å²) in [5, 5.41) is 11.7. The molecule has 166 valence electrons. The van der Waals surface area contributed by atoms with Gasteiger partial charge in [-0.15, -0.1) is 0 Å². The summed E-state index contributed by atoms with van der Waals surface area (Å²) in [4.78, 5) is 26.4. The third-order valence-corrected chi connectivity index (χ3v) is 6.16. The van der Waals surface area contributed by atoms with Gasteiger partial charge in [0.1, 0.15) is 5.75 Å². The number of likely N-dealkylation sites (tertiary alicyclic amines) is 1. The molecule has 1 aliphatic rings. The van der Waals surface area contributed by atoms with Crippen LogP contribution < -0.4 is 4.74 Å². The van der Waals surface area contributed by atoms with Crippen LogP contribution in [0.1, 0.15) is 43.7 Å². The van der Waals surface area contributed by atoms with Crippen LogP contribution in [0.5, 0.6) is 5.75 Å². The van der Waals surface area contributed by atoms with Crippen molar-refractivity contribution >= 4 is 22.6 Å². The Morgan fingerprint density at radius 3 is 2.59 bits per heavy atom. The van der Waals surface area contributed by atoms with Crippen LogP contribution in [0.4, 0.5) is 0 Å². The monoisotopic (exact) mass is 431 g/mol. The van der Waals surface area contributed by atoms with E-state index < -0.39 is 11.6 Å². The molecule has 5 heteroatoms. The number of carboxylic acids is 1. The lowest BCUT2D eigenvalue weighted by Gasteiger charge is -2.33. The molecule has 3 aromatic carbocycles. The van der Waals surface area contributed by atoms with Gasteiger partial charge in [-0.2, -0.15) is 0 Å². The van der Waals surface area contributed by atoms with Crippen LogP contribution in [-0.4, -0.2) is 40.6 Å². The quantitative estimate of drug-likeness (QED) is 0.594. The standard InChI is InChI=1S/C27H29NO4/c1-27(2,26(30)31)32-24-11-5-9-22(17-24)23-10-6-14-28(18-23)25(29)16-19-12-13-20-7-3-4-8-21(20)15-19/h3-5,7-9,11-13,15,17,23H,6,10,14,16,18H2,1-2H3,(H,30,31). The topological polar surface area (TPSA) is 66.8 Å². The second-order valence-electron chi connectivity index (χ2n) is 9.03. The lowest BCUT2D eigenvalue weighted by atomic mass is 9.90. The number of fused-ring (bicyclic) bond motifs is 1. The summed E-state index contributed by atoms with van der Waals surface area (Å²) in [7, 11) is 0. The highest BCUT2D eigenvalue weighted by Crippen LogP contribution is 2.30. The van der Waals surface area contributed by atoms with E-state index >= 15 is 0 Å². The average molecular weight is 432 g/mol. The molecule has 5 nitrogen and oxygen atoms in total. The first-order valence-corrected chi connectivity index (χ1v) is 11.1. The molecule has 0 aliphatic carbocycles. The summed E-state index contributed by atoms with van der Waals surface area (Å²) in [6, 6.07) is 22.0. The number of carbonyl (C=O) groups is 2. The lowest BCUT2D eigenvalue weighted by molar-refractivity contribution is -0.152. The molecule has 1 atom stereocenters. The molecule has 1 unspecified atom stereocenters. The maximum atomic E-state index is 13.0. The lowest BCUT2D eigenvalue weighted by Crippen LogP contribution is -2.40. The highest BCUT2D eigenvalue weighted by Gasteiger charge is 2.30. The molecule has 3 aromatic rings. The minimum Gasteiger partial charge on any atom is -0.478 e. The Labute approximate surface area is 188 Å². The number of hydrogen-bond donors (Lipinski definition) is 1. The minimum atomic E-state index is -1.30. The molecule has 0 saturated carbocycles. The van der Waals surface area contributed by atoms with Crippen LogP contribution in [0.25, 0.3) is 10.8 Å². The molecule has 1 heterocycles. The Morgan fingerprint density at radius 1 is 1.03 bits per heavy atom. The van der Waals surface area contributed by atoms with Gasteiger partial charge >= 0.3 is 5.97 Å². The van der Waals surface area contributed by atoms with Crippen LogP contribution >= 0.6 is 0 Å². The van der Waals surface area contributed by atoms with Crippen molar-refractivity contribution < 1.29 is 19.4 Å². The zero-order valence-electron chi connectivity index (χ0n) is 18.6. The number of piperidine rings is 1. The summed E-state index contributed by atoms with van der Waals surface area (Å²) in [6.07, 6.45) is 2.33. The molecule has 32 heavy (non-hydrogen) atoms. The van der Waals surface area contributed by atoms with Gasteiger partial charge in [0, 0.05) is 19.0 Å². The predicted molar refractivity (Wildman–Crippen MR) is 125 cm³/mol. The van der Waals surface area contributed by atoms with Crippen molar-refractivity contribution in [3.8, 4) is 5.75 Å². The number of rotatable bonds is 6. The molecule has 0 radical (unpaired) electrons. The maximum absolute atomic E-state index is 13.0. The van der Waals surface area contributed by atoms with E-state index in [4.69, 9.17) is 4.74 Å². The predicted octanol–water partition coefficient (Wildman–Crippen LogP) is 5.03. The van der Waals surface area contributed by atoms with E-state index in [-0.39, 0.29) is 11.8 Å². The number of hydrogen-bond acceptors (Lipinski definition) is 3. The SMILES string of the molecule is CC(C)(Oc1cccc(C2CCCN(C(=O)Cc3ccc4ccccc4c3)C2)c1)C(=O)O. The Balaban J connectivity index is 1.44. The normalized spacial score (nSPS) is 16.7. The molecule has 1 N–H and O–H groups in total. The number of carboxylic acid groups (broad SMARTS) is 1. The van der Waals surface area contributed by atoms with Crippen molar-refractivity contribution in [1.29, 1.82) is 0 Å². The van der Waals surface area contributed by atoms with Gasteiger partial charge < -0.3 is 14.7 Å². The highest BCUT2D eigenvalue weighted by molar-refractivity contribution is 5.85. The zero-order chi connectivity index (χ0) is 22.7. The van der Waals surface area contributed by atoms with Crippen molar-refractivity contribution in [3.63, 3.8) is 0 Å². The largest absolute Gasteiger partial charge is 0.478 e. The molecule has 4 rings (SSSR count). The van der Waals surface area contributed by atoms with Gasteiger partial charge in [0.2, 0.25) is 5.91 Å². The molecular weight excluding hydrogens is 402 g/mol. The van der Waals surface area contributed by atoms with E-state index in [0.717, 1.165) is 35.9 Å². The van der Waals surface area contributed by atoms with E-state index in [1.165, 1.54) is 19.2 Å². The third-order valence-electron chi connectivity index (χ3n) is 6.16. The van der Waals surface area contributed by atoms with Gasteiger partial charge in [-0.05, 0) is 60.7 Å². The van der Waals surface area contributed by atoms with Crippen LogP contribution in [0, 0.1) is 0 Å². The van der Waals surface area contributed by atoms with Crippen LogP contribution in [0.2, 0.25) is 0 Å². The Bertz CT molecular complexity index is 1140. The molecule has 0 spiro atoms. The van der Waals surface area contributed by atoms with E-state index in [0.29, 0.717) is 18.7 Å². The van der Waals surface area contributed by atoms with E-state index in [1.807, 2.05) is 41.3 Å². The first-order valence-electron chi connectivity index (χ1n) is 11.1. The molecule has 1 saturated heterocycles. The highest BCUT2D eigenvalue weighted by atomic mass is 16.5. The first kappa shape index (κ1) is 21.9. The van der Waals surface area contributed by atoms with Gasteiger partial charge in [0.05, 0.1) is 6.42 Å². The smallest absolute Gasteiger partial charge is 0.347 e. The number of ether oxygens (including phenoxy) is 1. The number of aliphatic carboxylic acids is 1. The van der Waals surface area contributed by atoms with Crippen molar-refractivity contribution in [2.75, 3.05) is 13.1 Å². The average Bonchev–Trinajstić information content (AvgIpc) is 2.79. The van der Waals surface area contributed by atoms with Crippen molar-refractivity contribution in [3.05, 3.63) is 77.9 Å². The fourth-order valence-electron chi connectivity index (χ4n) is 4.28. The number of nitrogens with zero attached hydrogens (tertiary/aromatic N) is 1. The molecule has 1 aliphatic heterocycles. The van der Waals surface area contributed by atoms with Gasteiger partial charge in [0.25, 0.3) is 0 Å². The third kappa shape index (κ3) is 4.93. The second-order valence-corrected chi connectivity index (χ2v) is 9.03.